The van der Waals surface area contributed by atoms with Crippen LogP contribution in [0.25, 0.3) is 11.3 Å². The van der Waals surface area contributed by atoms with Gasteiger partial charge in [0.15, 0.2) is 0 Å². The zero-order valence-corrected chi connectivity index (χ0v) is 10.1. The van der Waals surface area contributed by atoms with Crippen LogP contribution < -0.4 is 5.32 Å². The van der Waals surface area contributed by atoms with Gasteiger partial charge >= 0.3 is 0 Å². The number of nitrogens with zero attached hydrogens (tertiary/aromatic N) is 3. The smallest absolute Gasteiger partial charge is 0.0951 e. The van der Waals surface area contributed by atoms with E-state index in [1.807, 2.05) is 30.9 Å². The fourth-order valence-electron chi connectivity index (χ4n) is 2.20. The molecule has 5 heteroatoms. The lowest BCUT2D eigenvalue weighted by atomic mass is 10.2. The van der Waals surface area contributed by atoms with Gasteiger partial charge in [-0.2, -0.15) is 0 Å². The first-order valence-corrected chi connectivity index (χ1v) is 6.15. The van der Waals surface area contributed by atoms with Crippen molar-refractivity contribution in [1.82, 2.24) is 19.9 Å². The SMILES string of the molecule is c1cncc(-c2cncn2CC2COCCN2)c1. The molecule has 0 spiro atoms. The molecule has 94 valence electrons. The molecule has 1 unspecified atom stereocenters. The summed E-state index contributed by atoms with van der Waals surface area (Å²) >= 11 is 0. The topological polar surface area (TPSA) is 52.0 Å². The Morgan fingerprint density at radius 1 is 1.39 bits per heavy atom. The zero-order chi connectivity index (χ0) is 12.2. The molecule has 2 aromatic rings. The van der Waals surface area contributed by atoms with Crippen molar-refractivity contribution in [2.75, 3.05) is 19.8 Å². The van der Waals surface area contributed by atoms with Gasteiger partial charge in [0.1, 0.15) is 0 Å². The predicted molar refractivity (Wildman–Crippen MR) is 68.1 cm³/mol. The summed E-state index contributed by atoms with van der Waals surface area (Å²) in [6.45, 7) is 3.34. The Morgan fingerprint density at radius 3 is 3.17 bits per heavy atom. The third-order valence-electron chi connectivity index (χ3n) is 3.09. The van der Waals surface area contributed by atoms with E-state index in [2.05, 4.69) is 19.9 Å². The van der Waals surface area contributed by atoms with E-state index in [0.717, 1.165) is 37.6 Å². The summed E-state index contributed by atoms with van der Waals surface area (Å²) in [4.78, 5) is 8.38. The first-order chi connectivity index (χ1) is 8.93. The van der Waals surface area contributed by atoms with Crippen molar-refractivity contribution in [2.45, 2.75) is 12.6 Å². The molecule has 0 radical (unpaired) electrons. The Kier molecular flexibility index (Phi) is 3.34. The van der Waals surface area contributed by atoms with E-state index >= 15 is 0 Å². The first kappa shape index (κ1) is 11.4. The second-order valence-electron chi connectivity index (χ2n) is 4.40. The van der Waals surface area contributed by atoms with Crippen molar-refractivity contribution in [2.24, 2.45) is 0 Å². The molecular formula is C13H16N4O. The summed E-state index contributed by atoms with van der Waals surface area (Å²) < 4.78 is 7.61. The molecule has 0 amide bonds. The van der Waals surface area contributed by atoms with E-state index in [1.54, 1.807) is 6.20 Å². The van der Waals surface area contributed by atoms with Crippen LogP contribution >= 0.6 is 0 Å². The van der Waals surface area contributed by atoms with E-state index in [9.17, 15) is 0 Å². The Hall–Kier alpha value is -1.72. The second kappa shape index (κ2) is 5.29. The van der Waals surface area contributed by atoms with Crippen molar-refractivity contribution >= 4 is 0 Å². The van der Waals surface area contributed by atoms with E-state index in [-0.39, 0.29) is 0 Å². The molecule has 18 heavy (non-hydrogen) atoms. The number of morpholine rings is 1. The van der Waals surface area contributed by atoms with Gasteiger partial charge in [-0.3, -0.25) is 4.98 Å². The third kappa shape index (κ3) is 2.42. The minimum absolute atomic E-state index is 0.350. The molecule has 0 saturated carbocycles. The lowest BCUT2D eigenvalue weighted by Crippen LogP contribution is -2.43. The van der Waals surface area contributed by atoms with Crippen molar-refractivity contribution in [3.8, 4) is 11.3 Å². The minimum atomic E-state index is 0.350. The number of hydrogen-bond donors (Lipinski definition) is 1. The molecule has 0 aromatic carbocycles. The maximum absolute atomic E-state index is 5.47. The summed E-state index contributed by atoms with van der Waals surface area (Å²) in [6, 6.07) is 4.34. The third-order valence-corrected chi connectivity index (χ3v) is 3.09. The summed E-state index contributed by atoms with van der Waals surface area (Å²) in [6.07, 6.45) is 7.37. The van der Waals surface area contributed by atoms with Crippen LogP contribution in [0.3, 0.4) is 0 Å². The zero-order valence-electron chi connectivity index (χ0n) is 10.1. The van der Waals surface area contributed by atoms with Gasteiger partial charge in [-0.25, -0.2) is 4.98 Å². The van der Waals surface area contributed by atoms with Crippen LogP contribution in [0.4, 0.5) is 0 Å². The molecule has 1 aliphatic heterocycles. The van der Waals surface area contributed by atoms with E-state index in [1.165, 1.54) is 0 Å². The number of pyridine rings is 1. The molecular weight excluding hydrogens is 228 g/mol. The predicted octanol–water partition coefficient (Wildman–Crippen LogP) is 0.933. The Bertz CT molecular complexity index is 491. The number of nitrogens with one attached hydrogen (secondary N) is 1. The van der Waals surface area contributed by atoms with Crippen LogP contribution in [0.1, 0.15) is 0 Å². The van der Waals surface area contributed by atoms with Crippen LogP contribution in [-0.2, 0) is 11.3 Å². The molecule has 5 nitrogen and oxygen atoms in total. The van der Waals surface area contributed by atoms with Crippen LogP contribution in [0.15, 0.2) is 37.1 Å². The molecule has 3 heterocycles. The van der Waals surface area contributed by atoms with Crippen LogP contribution in [0.5, 0.6) is 0 Å². The second-order valence-corrected chi connectivity index (χ2v) is 4.40. The highest BCUT2D eigenvalue weighted by atomic mass is 16.5. The normalized spacial score (nSPS) is 19.9. The van der Waals surface area contributed by atoms with Gasteiger partial charge < -0.3 is 14.6 Å². The number of aromatic nitrogens is 3. The van der Waals surface area contributed by atoms with Gasteiger partial charge in [0.05, 0.1) is 31.4 Å². The fraction of sp³-hybridized carbons (Fsp3) is 0.385. The molecule has 3 rings (SSSR count). The van der Waals surface area contributed by atoms with Crippen molar-refractivity contribution in [1.29, 1.82) is 0 Å². The lowest BCUT2D eigenvalue weighted by molar-refractivity contribution is 0.0715. The van der Waals surface area contributed by atoms with Gasteiger partial charge in [-0.05, 0) is 12.1 Å². The van der Waals surface area contributed by atoms with Gasteiger partial charge in [-0.15, -0.1) is 0 Å². The standard InChI is InChI=1S/C13H16N4O/c1-2-11(6-14-3-1)13-7-15-10-17(13)8-12-9-18-5-4-16-12/h1-3,6-7,10,12,16H,4-5,8-9H2. The average Bonchev–Trinajstić information content (AvgIpc) is 2.89. The van der Waals surface area contributed by atoms with E-state index < -0.39 is 0 Å². The van der Waals surface area contributed by atoms with Gasteiger partial charge in [0, 0.05) is 37.1 Å². The molecule has 1 fully saturated rings. The highest BCUT2D eigenvalue weighted by Gasteiger charge is 2.15. The summed E-state index contributed by atoms with van der Waals surface area (Å²) in [5, 5.41) is 3.45. The molecule has 0 aliphatic carbocycles. The molecule has 2 aromatic heterocycles. The molecule has 0 bridgehead atoms. The van der Waals surface area contributed by atoms with E-state index in [0.29, 0.717) is 6.04 Å². The fourth-order valence-corrected chi connectivity index (χ4v) is 2.20. The van der Waals surface area contributed by atoms with Gasteiger partial charge in [-0.1, -0.05) is 0 Å². The van der Waals surface area contributed by atoms with Crippen LogP contribution in [0, 0.1) is 0 Å². The Balaban J connectivity index is 1.79. The first-order valence-electron chi connectivity index (χ1n) is 6.15. The van der Waals surface area contributed by atoms with Gasteiger partial charge in [0.2, 0.25) is 0 Å². The van der Waals surface area contributed by atoms with Gasteiger partial charge in [0.25, 0.3) is 0 Å². The highest BCUT2D eigenvalue weighted by molar-refractivity contribution is 5.57. The molecule has 1 atom stereocenters. The summed E-state index contributed by atoms with van der Waals surface area (Å²) in [5.74, 6) is 0. The quantitative estimate of drug-likeness (QED) is 0.873. The number of ether oxygens (including phenoxy) is 1. The highest BCUT2D eigenvalue weighted by Crippen LogP contribution is 2.17. The summed E-state index contributed by atoms with van der Waals surface area (Å²) in [5.41, 5.74) is 2.18. The van der Waals surface area contributed by atoms with Crippen LogP contribution in [0.2, 0.25) is 0 Å². The number of rotatable bonds is 3. The maximum Gasteiger partial charge on any atom is 0.0951 e. The molecule has 1 aliphatic rings. The number of imidazole rings is 1. The van der Waals surface area contributed by atoms with E-state index in [4.69, 9.17) is 4.74 Å². The lowest BCUT2D eigenvalue weighted by Gasteiger charge is -2.24. The summed E-state index contributed by atoms with van der Waals surface area (Å²) in [7, 11) is 0. The molecule has 1 N–H and O–H groups in total. The monoisotopic (exact) mass is 244 g/mol. The number of hydrogen-bond acceptors (Lipinski definition) is 4. The minimum Gasteiger partial charge on any atom is -0.378 e. The van der Waals surface area contributed by atoms with Crippen molar-refractivity contribution in [3.63, 3.8) is 0 Å². The maximum atomic E-state index is 5.47. The Labute approximate surface area is 106 Å². The van der Waals surface area contributed by atoms with Crippen molar-refractivity contribution < 1.29 is 4.74 Å². The Morgan fingerprint density at radius 2 is 2.39 bits per heavy atom. The average molecular weight is 244 g/mol. The molecule has 1 saturated heterocycles. The van der Waals surface area contributed by atoms with Crippen molar-refractivity contribution in [3.05, 3.63) is 37.1 Å². The largest absolute Gasteiger partial charge is 0.378 e. The van der Waals surface area contributed by atoms with Crippen LogP contribution in [-0.4, -0.2) is 40.3 Å².